The van der Waals surface area contributed by atoms with E-state index < -0.39 is 0 Å². The van der Waals surface area contributed by atoms with Crippen molar-refractivity contribution in [3.63, 3.8) is 0 Å². The van der Waals surface area contributed by atoms with Gasteiger partial charge in [0, 0.05) is 6.54 Å². The Balaban J connectivity index is 1.43. The first-order valence-corrected chi connectivity index (χ1v) is 10.9. The van der Waals surface area contributed by atoms with E-state index in [1.54, 1.807) is 4.68 Å². The van der Waals surface area contributed by atoms with Crippen LogP contribution in [0.5, 0.6) is 0 Å². The van der Waals surface area contributed by atoms with Crippen molar-refractivity contribution < 1.29 is 4.79 Å². The molecular formula is C27H25N5O. The van der Waals surface area contributed by atoms with Gasteiger partial charge in [-0.1, -0.05) is 78.9 Å². The molecule has 3 N–H and O–H groups in total. The quantitative estimate of drug-likeness (QED) is 0.405. The molecule has 4 aromatic rings. The number of nitrogens with one attached hydrogen (secondary N) is 1. The Morgan fingerprint density at radius 1 is 0.939 bits per heavy atom. The van der Waals surface area contributed by atoms with Crippen LogP contribution in [0, 0.1) is 11.3 Å². The number of aryl methyl sites for hydroxylation is 1. The number of carbonyl (C=O) groups is 1. The number of anilines is 1. The maximum atomic E-state index is 13.1. The lowest BCUT2D eigenvalue weighted by Gasteiger charge is -2.18. The molecule has 0 saturated carbocycles. The van der Waals surface area contributed by atoms with Crippen LogP contribution in [0.1, 0.15) is 34.7 Å². The molecule has 1 heterocycles. The molecule has 0 unspecified atom stereocenters. The molecule has 6 heteroatoms. The van der Waals surface area contributed by atoms with Crippen molar-refractivity contribution in [3.05, 3.63) is 113 Å². The van der Waals surface area contributed by atoms with Crippen molar-refractivity contribution in [2.75, 3.05) is 12.3 Å². The average molecular weight is 436 g/mol. The van der Waals surface area contributed by atoms with E-state index in [1.165, 1.54) is 0 Å². The van der Waals surface area contributed by atoms with Crippen LogP contribution in [0.2, 0.25) is 0 Å². The number of rotatable bonds is 8. The maximum Gasteiger partial charge on any atom is 0.232 e. The van der Waals surface area contributed by atoms with Crippen LogP contribution in [-0.2, 0) is 11.2 Å². The number of amides is 1. The fourth-order valence-electron chi connectivity index (χ4n) is 3.90. The van der Waals surface area contributed by atoms with Gasteiger partial charge in [0.25, 0.3) is 0 Å². The predicted octanol–water partition coefficient (Wildman–Crippen LogP) is 4.21. The first kappa shape index (κ1) is 21.8. The first-order valence-electron chi connectivity index (χ1n) is 10.9. The summed E-state index contributed by atoms with van der Waals surface area (Å²) < 4.78 is 1.59. The molecule has 33 heavy (non-hydrogen) atoms. The van der Waals surface area contributed by atoms with Gasteiger partial charge < -0.3 is 11.1 Å². The zero-order chi connectivity index (χ0) is 23.0. The minimum Gasteiger partial charge on any atom is -0.382 e. The summed E-state index contributed by atoms with van der Waals surface area (Å²) in [5.41, 5.74) is 9.90. The molecule has 0 aliphatic heterocycles. The highest BCUT2D eigenvalue weighted by atomic mass is 16.1. The smallest absolute Gasteiger partial charge is 0.232 e. The van der Waals surface area contributed by atoms with Crippen molar-refractivity contribution in [2.45, 2.75) is 18.8 Å². The summed E-state index contributed by atoms with van der Waals surface area (Å²) in [7, 11) is 0. The molecule has 0 fully saturated rings. The van der Waals surface area contributed by atoms with Gasteiger partial charge in [0.1, 0.15) is 17.5 Å². The number of nitriles is 1. The Morgan fingerprint density at radius 3 is 2.03 bits per heavy atom. The standard InChI is InChI=1S/C27H25N5O/c28-19-23-24(31-32(26(23)29)22-15-8-3-9-16-22)17-10-18-30-27(33)25(20-11-4-1-5-12-20)21-13-6-2-7-14-21/h1-9,11-16,25H,10,17-18,29H2,(H,30,33). The zero-order valence-corrected chi connectivity index (χ0v) is 18.2. The van der Waals surface area contributed by atoms with Crippen LogP contribution in [0.3, 0.4) is 0 Å². The van der Waals surface area contributed by atoms with Crippen molar-refractivity contribution >= 4 is 11.7 Å². The van der Waals surface area contributed by atoms with Crippen molar-refractivity contribution in [1.29, 1.82) is 5.26 Å². The number of nitrogens with two attached hydrogens (primary N) is 1. The van der Waals surface area contributed by atoms with E-state index in [-0.39, 0.29) is 11.8 Å². The van der Waals surface area contributed by atoms with Crippen LogP contribution in [-0.4, -0.2) is 22.2 Å². The van der Waals surface area contributed by atoms with E-state index in [0.29, 0.717) is 36.5 Å². The van der Waals surface area contributed by atoms with Crippen LogP contribution in [0.25, 0.3) is 5.69 Å². The molecule has 0 aliphatic rings. The third-order valence-corrected chi connectivity index (χ3v) is 5.52. The van der Waals surface area contributed by atoms with Crippen molar-refractivity contribution in [1.82, 2.24) is 15.1 Å². The summed E-state index contributed by atoms with van der Waals surface area (Å²) in [4.78, 5) is 13.1. The molecular weight excluding hydrogens is 410 g/mol. The fourth-order valence-corrected chi connectivity index (χ4v) is 3.90. The van der Waals surface area contributed by atoms with E-state index in [0.717, 1.165) is 16.8 Å². The molecule has 0 atom stereocenters. The largest absolute Gasteiger partial charge is 0.382 e. The summed E-state index contributed by atoms with van der Waals surface area (Å²) in [6, 6.07) is 31.2. The normalized spacial score (nSPS) is 10.7. The second-order valence-electron chi connectivity index (χ2n) is 7.72. The Morgan fingerprint density at radius 2 is 1.48 bits per heavy atom. The lowest BCUT2D eigenvalue weighted by molar-refractivity contribution is -0.121. The van der Waals surface area contributed by atoms with Gasteiger partial charge in [-0.3, -0.25) is 4.79 Å². The Hall–Kier alpha value is -4.37. The molecule has 0 aliphatic carbocycles. The SMILES string of the molecule is N#Cc1c(CCCNC(=O)C(c2ccccc2)c2ccccc2)nn(-c2ccccc2)c1N. The topological polar surface area (TPSA) is 96.7 Å². The van der Waals surface area contributed by atoms with Gasteiger partial charge in [0.05, 0.1) is 17.3 Å². The highest BCUT2D eigenvalue weighted by Crippen LogP contribution is 2.25. The summed E-state index contributed by atoms with van der Waals surface area (Å²) in [5, 5.41) is 17.2. The van der Waals surface area contributed by atoms with Crippen molar-refractivity contribution in [2.24, 2.45) is 0 Å². The number of nitrogens with zero attached hydrogens (tertiary/aromatic N) is 3. The molecule has 3 aromatic carbocycles. The molecule has 0 spiro atoms. The Labute approximate surface area is 193 Å². The van der Waals surface area contributed by atoms with Crippen LogP contribution in [0.4, 0.5) is 5.82 Å². The highest BCUT2D eigenvalue weighted by Gasteiger charge is 2.22. The van der Waals surface area contributed by atoms with Crippen LogP contribution >= 0.6 is 0 Å². The van der Waals surface area contributed by atoms with Gasteiger partial charge in [-0.25, -0.2) is 4.68 Å². The number of hydrogen-bond acceptors (Lipinski definition) is 4. The maximum absolute atomic E-state index is 13.1. The molecule has 4 rings (SSSR count). The summed E-state index contributed by atoms with van der Waals surface area (Å²) in [6.45, 7) is 0.470. The molecule has 0 bridgehead atoms. The summed E-state index contributed by atoms with van der Waals surface area (Å²) in [5.74, 6) is -0.104. The molecule has 0 saturated heterocycles. The molecule has 1 amide bonds. The minimum absolute atomic E-state index is 0.0535. The first-order chi connectivity index (χ1) is 16.2. The van der Waals surface area contributed by atoms with E-state index in [9.17, 15) is 10.1 Å². The Kier molecular flexibility index (Phi) is 6.81. The number of benzene rings is 3. The van der Waals surface area contributed by atoms with Gasteiger partial charge in [-0.15, -0.1) is 0 Å². The molecule has 164 valence electrons. The van der Waals surface area contributed by atoms with Crippen molar-refractivity contribution in [3.8, 4) is 11.8 Å². The van der Waals surface area contributed by atoms with Gasteiger partial charge in [0.15, 0.2) is 0 Å². The third-order valence-electron chi connectivity index (χ3n) is 5.52. The lowest BCUT2D eigenvalue weighted by atomic mass is 9.90. The van der Waals surface area contributed by atoms with Gasteiger partial charge in [-0.2, -0.15) is 10.4 Å². The number of carbonyl (C=O) groups excluding carboxylic acids is 1. The van der Waals surface area contributed by atoms with Gasteiger partial charge >= 0.3 is 0 Å². The Bertz CT molecular complexity index is 1200. The summed E-state index contributed by atoms with van der Waals surface area (Å²) in [6.07, 6.45) is 1.18. The summed E-state index contributed by atoms with van der Waals surface area (Å²) >= 11 is 0. The molecule has 1 aromatic heterocycles. The van der Waals surface area contributed by atoms with Crippen LogP contribution in [0.15, 0.2) is 91.0 Å². The second kappa shape index (κ2) is 10.3. The lowest BCUT2D eigenvalue weighted by Crippen LogP contribution is -2.31. The molecule has 0 radical (unpaired) electrons. The van der Waals surface area contributed by atoms with E-state index in [4.69, 9.17) is 5.73 Å². The minimum atomic E-state index is -0.380. The third kappa shape index (κ3) is 4.94. The van der Waals surface area contributed by atoms with E-state index in [2.05, 4.69) is 16.5 Å². The fraction of sp³-hybridized carbons (Fsp3) is 0.148. The zero-order valence-electron chi connectivity index (χ0n) is 18.2. The highest BCUT2D eigenvalue weighted by molar-refractivity contribution is 5.87. The molecule has 6 nitrogen and oxygen atoms in total. The van der Waals surface area contributed by atoms with Gasteiger partial charge in [-0.05, 0) is 36.1 Å². The number of nitrogen functional groups attached to an aromatic ring is 1. The number of para-hydroxylation sites is 1. The number of hydrogen-bond donors (Lipinski definition) is 2. The number of aromatic nitrogens is 2. The average Bonchev–Trinajstić information content (AvgIpc) is 3.19. The predicted molar refractivity (Wildman–Crippen MR) is 129 cm³/mol. The second-order valence-corrected chi connectivity index (χ2v) is 7.72. The van der Waals surface area contributed by atoms with Crippen LogP contribution < -0.4 is 11.1 Å². The monoisotopic (exact) mass is 435 g/mol. The van der Waals surface area contributed by atoms with E-state index >= 15 is 0 Å². The van der Waals surface area contributed by atoms with Gasteiger partial charge in [0.2, 0.25) is 5.91 Å². The van der Waals surface area contributed by atoms with E-state index in [1.807, 2.05) is 91.0 Å².